The molecule has 2 aliphatic heterocycles. The number of unbranched alkanes of at least 4 members (excludes halogenated alkanes) is 1. The van der Waals surface area contributed by atoms with E-state index in [4.69, 9.17) is 0 Å². The Bertz CT molecular complexity index is 312. The Hall–Kier alpha value is -0.160. The van der Waals surface area contributed by atoms with Gasteiger partial charge in [-0.2, -0.15) is 0 Å². The molecule has 2 aliphatic rings. The minimum Gasteiger partial charge on any atom is -0.394 e. The molecule has 2 fully saturated rings. The fourth-order valence-electron chi connectivity index (χ4n) is 4.04. The number of fused-ring (bicyclic) bond motifs is 1. The van der Waals surface area contributed by atoms with Crippen LogP contribution in [0.5, 0.6) is 0 Å². The summed E-state index contributed by atoms with van der Waals surface area (Å²) in [6.45, 7) is 12.9. The van der Waals surface area contributed by atoms with Crippen LogP contribution in [0.4, 0.5) is 0 Å². The molecule has 2 N–H and O–H groups in total. The molecule has 3 atom stereocenters. The number of hydrogen-bond donors (Lipinski definition) is 2. The first-order chi connectivity index (χ1) is 10.1. The lowest BCUT2D eigenvalue weighted by Crippen LogP contribution is -2.55. The van der Waals surface area contributed by atoms with Crippen LogP contribution in [-0.4, -0.2) is 71.9 Å². The lowest BCUT2D eigenvalue weighted by Gasteiger charge is -2.42. The van der Waals surface area contributed by atoms with Crippen molar-refractivity contribution in [2.24, 2.45) is 0 Å². The highest BCUT2D eigenvalue weighted by molar-refractivity contribution is 4.90. The molecule has 0 radical (unpaired) electrons. The Balaban J connectivity index is 1.68. The molecule has 0 aromatic heterocycles. The van der Waals surface area contributed by atoms with Crippen molar-refractivity contribution in [3.63, 3.8) is 0 Å². The SMILES string of the molecule is CCNC(C)(CO)CCCCN1CC2CCCN2CC1C. The highest BCUT2D eigenvalue weighted by Gasteiger charge is 2.33. The van der Waals surface area contributed by atoms with E-state index in [0.29, 0.717) is 6.04 Å². The molecule has 0 amide bonds. The largest absolute Gasteiger partial charge is 0.394 e. The monoisotopic (exact) mass is 297 g/mol. The zero-order valence-electron chi connectivity index (χ0n) is 14.3. The third-order valence-corrected chi connectivity index (χ3v) is 5.44. The predicted octanol–water partition coefficient (Wildman–Crippen LogP) is 1.69. The van der Waals surface area contributed by atoms with Gasteiger partial charge in [-0.3, -0.25) is 9.80 Å². The van der Waals surface area contributed by atoms with E-state index in [1.54, 1.807) is 0 Å². The van der Waals surface area contributed by atoms with Gasteiger partial charge in [-0.15, -0.1) is 0 Å². The molecular weight excluding hydrogens is 262 g/mol. The van der Waals surface area contributed by atoms with Crippen molar-refractivity contribution in [2.45, 2.75) is 70.5 Å². The summed E-state index contributed by atoms with van der Waals surface area (Å²) in [5.41, 5.74) is -0.0927. The smallest absolute Gasteiger partial charge is 0.0610 e. The number of nitrogens with one attached hydrogen (secondary N) is 1. The number of nitrogens with zero attached hydrogens (tertiary/aromatic N) is 2. The summed E-state index contributed by atoms with van der Waals surface area (Å²) in [6.07, 6.45) is 6.30. The molecule has 3 unspecified atom stereocenters. The van der Waals surface area contributed by atoms with E-state index >= 15 is 0 Å². The molecular formula is C17H35N3O. The molecule has 124 valence electrons. The lowest BCUT2D eigenvalue weighted by atomic mass is 9.95. The highest BCUT2D eigenvalue weighted by atomic mass is 16.3. The molecule has 2 saturated heterocycles. The third kappa shape index (κ3) is 4.65. The number of aliphatic hydroxyl groups is 1. The molecule has 4 nitrogen and oxygen atoms in total. The molecule has 0 saturated carbocycles. The molecule has 0 spiro atoms. The Labute approximate surface area is 130 Å². The van der Waals surface area contributed by atoms with Crippen LogP contribution in [0.25, 0.3) is 0 Å². The van der Waals surface area contributed by atoms with Crippen LogP contribution in [0.3, 0.4) is 0 Å². The van der Waals surface area contributed by atoms with Crippen molar-refractivity contribution < 1.29 is 5.11 Å². The summed E-state index contributed by atoms with van der Waals surface area (Å²) in [6, 6.07) is 1.53. The van der Waals surface area contributed by atoms with Gasteiger partial charge in [0.2, 0.25) is 0 Å². The summed E-state index contributed by atoms with van der Waals surface area (Å²) in [5.74, 6) is 0. The molecule has 2 heterocycles. The van der Waals surface area contributed by atoms with Crippen LogP contribution in [0.15, 0.2) is 0 Å². The van der Waals surface area contributed by atoms with E-state index in [0.717, 1.165) is 19.0 Å². The first-order valence-electron chi connectivity index (χ1n) is 8.92. The second-order valence-corrected chi connectivity index (χ2v) is 7.34. The van der Waals surface area contributed by atoms with Crippen molar-refractivity contribution in [1.82, 2.24) is 15.1 Å². The van der Waals surface area contributed by atoms with Gasteiger partial charge in [0.25, 0.3) is 0 Å². The standard InChI is InChI=1S/C17H35N3O/c1-4-18-17(3,14-21)9-5-6-10-19-13-16-8-7-11-20(16)12-15(19)2/h15-16,18,21H,4-14H2,1-3H3. The third-order valence-electron chi connectivity index (χ3n) is 5.44. The van der Waals surface area contributed by atoms with Crippen molar-refractivity contribution in [1.29, 1.82) is 0 Å². The second kappa shape index (κ2) is 7.91. The summed E-state index contributed by atoms with van der Waals surface area (Å²) in [5, 5.41) is 12.9. The van der Waals surface area contributed by atoms with Gasteiger partial charge in [0, 0.05) is 30.7 Å². The van der Waals surface area contributed by atoms with Gasteiger partial charge in [0.05, 0.1) is 6.61 Å². The Morgan fingerprint density at radius 2 is 2.10 bits per heavy atom. The number of piperazine rings is 1. The maximum atomic E-state index is 9.53. The summed E-state index contributed by atoms with van der Waals surface area (Å²) in [4.78, 5) is 5.38. The Kier molecular flexibility index (Phi) is 6.48. The molecule has 0 aromatic carbocycles. The number of likely N-dealkylation sites (N-methyl/N-ethyl adjacent to an activating group) is 1. The van der Waals surface area contributed by atoms with E-state index in [2.05, 4.69) is 35.9 Å². The van der Waals surface area contributed by atoms with Crippen molar-refractivity contribution in [3.05, 3.63) is 0 Å². The maximum absolute atomic E-state index is 9.53. The lowest BCUT2D eigenvalue weighted by molar-refractivity contribution is 0.0574. The van der Waals surface area contributed by atoms with Crippen LogP contribution >= 0.6 is 0 Å². The Morgan fingerprint density at radius 1 is 1.29 bits per heavy atom. The Morgan fingerprint density at radius 3 is 2.81 bits per heavy atom. The predicted molar refractivity (Wildman–Crippen MR) is 88.6 cm³/mol. The topological polar surface area (TPSA) is 38.7 Å². The van der Waals surface area contributed by atoms with Crippen LogP contribution in [0, 0.1) is 0 Å². The van der Waals surface area contributed by atoms with Crippen molar-refractivity contribution in [2.75, 3.05) is 39.3 Å². The van der Waals surface area contributed by atoms with Crippen molar-refractivity contribution in [3.8, 4) is 0 Å². The summed E-state index contributed by atoms with van der Waals surface area (Å²) < 4.78 is 0. The molecule has 21 heavy (non-hydrogen) atoms. The molecule has 0 aliphatic carbocycles. The van der Waals surface area contributed by atoms with Gasteiger partial charge in [-0.25, -0.2) is 0 Å². The average molecular weight is 297 g/mol. The summed E-state index contributed by atoms with van der Waals surface area (Å²) in [7, 11) is 0. The minimum absolute atomic E-state index is 0.0927. The highest BCUT2D eigenvalue weighted by Crippen LogP contribution is 2.25. The van der Waals surface area contributed by atoms with E-state index in [1.165, 1.54) is 51.9 Å². The minimum atomic E-state index is -0.0927. The number of hydrogen-bond acceptors (Lipinski definition) is 4. The first kappa shape index (κ1) is 17.2. The summed E-state index contributed by atoms with van der Waals surface area (Å²) >= 11 is 0. The van der Waals surface area contributed by atoms with Crippen molar-refractivity contribution >= 4 is 0 Å². The van der Waals surface area contributed by atoms with Crippen LogP contribution in [0.2, 0.25) is 0 Å². The van der Waals surface area contributed by atoms with Gasteiger partial charge in [-0.1, -0.05) is 13.3 Å². The number of rotatable bonds is 8. The van der Waals surface area contributed by atoms with E-state index in [-0.39, 0.29) is 12.1 Å². The second-order valence-electron chi connectivity index (χ2n) is 7.34. The first-order valence-corrected chi connectivity index (χ1v) is 8.92. The van der Waals surface area contributed by atoms with Gasteiger partial charge in [-0.05, 0) is 59.2 Å². The van der Waals surface area contributed by atoms with E-state index < -0.39 is 0 Å². The fraction of sp³-hybridized carbons (Fsp3) is 1.00. The van der Waals surface area contributed by atoms with Crippen LogP contribution in [-0.2, 0) is 0 Å². The molecule has 0 bridgehead atoms. The zero-order chi connectivity index (χ0) is 15.3. The van der Waals surface area contributed by atoms with Gasteiger partial charge in [0.15, 0.2) is 0 Å². The molecule has 0 aromatic rings. The van der Waals surface area contributed by atoms with Gasteiger partial charge in [0.1, 0.15) is 0 Å². The van der Waals surface area contributed by atoms with Crippen LogP contribution < -0.4 is 5.32 Å². The molecule has 2 rings (SSSR count). The molecule has 4 heteroatoms. The van der Waals surface area contributed by atoms with Gasteiger partial charge >= 0.3 is 0 Å². The van der Waals surface area contributed by atoms with Crippen LogP contribution in [0.1, 0.15) is 52.9 Å². The quantitative estimate of drug-likeness (QED) is 0.669. The maximum Gasteiger partial charge on any atom is 0.0610 e. The zero-order valence-corrected chi connectivity index (χ0v) is 14.3. The van der Waals surface area contributed by atoms with Gasteiger partial charge < -0.3 is 10.4 Å². The normalized spacial score (nSPS) is 30.3. The van der Waals surface area contributed by atoms with E-state index in [9.17, 15) is 5.11 Å². The van der Waals surface area contributed by atoms with E-state index in [1.807, 2.05) is 0 Å². The fourth-order valence-corrected chi connectivity index (χ4v) is 4.04. The average Bonchev–Trinajstić information content (AvgIpc) is 2.91. The number of aliphatic hydroxyl groups excluding tert-OH is 1.